The van der Waals surface area contributed by atoms with E-state index in [2.05, 4.69) is 5.32 Å². The van der Waals surface area contributed by atoms with E-state index in [-0.39, 0.29) is 11.5 Å². The van der Waals surface area contributed by atoms with Gasteiger partial charge in [-0.1, -0.05) is 18.2 Å². The maximum atomic E-state index is 12.0. The summed E-state index contributed by atoms with van der Waals surface area (Å²) in [4.78, 5) is 23.3. The highest BCUT2D eigenvalue weighted by Crippen LogP contribution is 2.17. The Bertz CT molecular complexity index is 692. The first-order valence-electron chi connectivity index (χ1n) is 6.68. The van der Waals surface area contributed by atoms with Crippen LogP contribution in [0, 0.1) is 0 Å². The average Bonchev–Trinajstić information content (AvgIpc) is 2.50. The standard InChI is InChI=1S/C16H18N2O3/c1-18-11-13(7-8-15(18)19)16(20)17-10-9-12-5-3-4-6-14(12)21-2/h3-8,11H,9-10H2,1-2H3,(H,17,20). The lowest BCUT2D eigenvalue weighted by molar-refractivity contribution is 0.0953. The van der Waals surface area contributed by atoms with E-state index in [1.807, 2.05) is 24.3 Å². The van der Waals surface area contributed by atoms with E-state index < -0.39 is 0 Å². The van der Waals surface area contributed by atoms with Crippen LogP contribution in [-0.4, -0.2) is 24.1 Å². The molecule has 2 rings (SSSR count). The zero-order valence-electron chi connectivity index (χ0n) is 12.1. The third-order valence-corrected chi connectivity index (χ3v) is 3.22. The quantitative estimate of drug-likeness (QED) is 0.903. The summed E-state index contributed by atoms with van der Waals surface area (Å²) in [5, 5.41) is 2.84. The third kappa shape index (κ3) is 3.72. The second-order valence-corrected chi connectivity index (χ2v) is 4.68. The van der Waals surface area contributed by atoms with Crippen LogP contribution in [0.3, 0.4) is 0 Å². The van der Waals surface area contributed by atoms with Crippen molar-refractivity contribution >= 4 is 5.91 Å². The van der Waals surface area contributed by atoms with E-state index in [0.29, 0.717) is 18.5 Å². The van der Waals surface area contributed by atoms with Crippen LogP contribution in [0.15, 0.2) is 47.4 Å². The number of ether oxygens (including phenoxy) is 1. The highest BCUT2D eigenvalue weighted by molar-refractivity contribution is 5.93. The number of nitrogens with one attached hydrogen (secondary N) is 1. The number of para-hydroxylation sites is 1. The molecule has 1 aromatic heterocycles. The first-order valence-corrected chi connectivity index (χ1v) is 6.68. The van der Waals surface area contributed by atoms with E-state index in [9.17, 15) is 9.59 Å². The number of rotatable bonds is 5. The van der Waals surface area contributed by atoms with Crippen molar-refractivity contribution in [2.24, 2.45) is 7.05 Å². The molecular formula is C16H18N2O3. The van der Waals surface area contributed by atoms with Crippen LogP contribution in [0.1, 0.15) is 15.9 Å². The van der Waals surface area contributed by atoms with E-state index in [0.717, 1.165) is 11.3 Å². The number of carbonyl (C=O) groups excluding carboxylic acids is 1. The van der Waals surface area contributed by atoms with Crippen molar-refractivity contribution in [3.05, 3.63) is 64.1 Å². The fraction of sp³-hybridized carbons (Fsp3) is 0.250. The van der Waals surface area contributed by atoms with Gasteiger partial charge >= 0.3 is 0 Å². The highest BCUT2D eigenvalue weighted by Gasteiger charge is 2.07. The fourth-order valence-corrected chi connectivity index (χ4v) is 2.05. The van der Waals surface area contributed by atoms with Gasteiger partial charge in [0.1, 0.15) is 5.75 Å². The Hall–Kier alpha value is -2.56. The summed E-state index contributed by atoms with van der Waals surface area (Å²) in [6, 6.07) is 10.6. The summed E-state index contributed by atoms with van der Waals surface area (Å²) < 4.78 is 6.65. The molecule has 110 valence electrons. The second-order valence-electron chi connectivity index (χ2n) is 4.68. The minimum atomic E-state index is -0.194. The molecule has 1 amide bonds. The molecule has 1 aromatic carbocycles. The van der Waals surface area contributed by atoms with Gasteiger partial charge in [0.05, 0.1) is 12.7 Å². The molecular weight excluding hydrogens is 268 g/mol. The van der Waals surface area contributed by atoms with Crippen LogP contribution in [-0.2, 0) is 13.5 Å². The molecule has 0 bridgehead atoms. The van der Waals surface area contributed by atoms with Gasteiger partial charge < -0.3 is 14.6 Å². The third-order valence-electron chi connectivity index (χ3n) is 3.22. The summed E-state index contributed by atoms with van der Waals surface area (Å²) in [5.41, 5.74) is 1.37. The molecule has 0 radical (unpaired) electrons. The van der Waals surface area contributed by atoms with Crippen molar-refractivity contribution < 1.29 is 9.53 Å². The first kappa shape index (κ1) is 14.8. The van der Waals surface area contributed by atoms with Crippen LogP contribution < -0.4 is 15.6 Å². The molecule has 5 nitrogen and oxygen atoms in total. The fourth-order valence-electron chi connectivity index (χ4n) is 2.05. The van der Waals surface area contributed by atoms with Crippen molar-refractivity contribution in [2.75, 3.05) is 13.7 Å². The van der Waals surface area contributed by atoms with Gasteiger partial charge in [0, 0.05) is 25.9 Å². The monoisotopic (exact) mass is 286 g/mol. The number of amides is 1. The predicted molar refractivity (Wildman–Crippen MR) is 80.7 cm³/mol. The zero-order chi connectivity index (χ0) is 15.2. The van der Waals surface area contributed by atoms with Gasteiger partial charge in [-0.15, -0.1) is 0 Å². The number of pyridine rings is 1. The van der Waals surface area contributed by atoms with E-state index in [4.69, 9.17) is 4.74 Å². The van der Waals surface area contributed by atoms with Gasteiger partial charge in [0.25, 0.3) is 5.91 Å². The van der Waals surface area contributed by atoms with Crippen LogP contribution in [0.5, 0.6) is 5.75 Å². The van der Waals surface area contributed by atoms with E-state index in [1.54, 1.807) is 14.2 Å². The van der Waals surface area contributed by atoms with Gasteiger partial charge in [-0.05, 0) is 24.1 Å². The average molecular weight is 286 g/mol. The highest BCUT2D eigenvalue weighted by atomic mass is 16.5. The molecule has 0 aliphatic heterocycles. The number of hydrogen-bond acceptors (Lipinski definition) is 3. The number of nitrogens with zero attached hydrogens (tertiary/aromatic N) is 1. The van der Waals surface area contributed by atoms with Gasteiger partial charge in [0.15, 0.2) is 0 Å². The Morgan fingerprint density at radius 2 is 2.00 bits per heavy atom. The van der Waals surface area contributed by atoms with Crippen molar-refractivity contribution in [3.8, 4) is 5.75 Å². The minimum Gasteiger partial charge on any atom is -0.496 e. The van der Waals surface area contributed by atoms with Gasteiger partial charge in [-0.2, -0.15) is 0 Å². The number of hydrogen-bond donors (Lipinski definition) is 1. The van der Waals surface area contributed by atoms with Crippen molar-refractivity contribution in [3.63, 3.8) is 0 Å². The Morgan fingerprint density at radius 1 is 1.24 bits per heavy atom. The number of methoxy groups -OCH3 is 1. The Balaban J connectivity index is 1.95. The lowest BCUT2D eigenvalue weighted by atomic mass is 10.1. The van der Waals surface area contributed by atoms with Crippen molar-refractivity contribution in [2.45, 2.75) is 6.42 Å². The molecule has 1 N–H and O–H groups in total. The van der Waals surface area contributed by atoms with Gasteiger partial charge in [0.2, 0.25) is 5.56 Å². The summed E-state index contributed by atoms with van der Waals surface area (Å²) in [6.07, 6.45) is 2.21. The topological polar surface area (TPSA) is 60.3 Å². The number of carbonyl (C=O) groups is 1. The number of benzene rings is 1. The predicted octanol–water partition coefficient (Wildman–Crippen LogP) is 1.37. The molecule has 0 atom stereocenters. The molecule has 5 heteroatoms. The summed E-state index contributed by atoms with van der Waals surface area (Å²) in [6.45, 7) is 0.502. The molecule has 0 unspecified atom stereocenters. The Kier molecular flexibility index (Phi) is 4.77. The van der Waals surface area contributed by atoms with Crippen molar-refractivity contribution in [1.82, 2.24) is 9.88 Å². The second kappa shape index (κ2) is 6.74. The first-order chi connectivity index (χ1) is 10.1. The Morgan fingerprint density at radius 3 is 2.71 bits per heavy atom. The molecule has 2 aromatic rings. The van der Waals surface area contributed by atoms with Gasteiger partial charge in [-0.25, -0.2) is 0 Å². The van der Waals surface area contributed by atoms with Crippen LogP contribution in [0.4, 0.5) is 0 Å². The van der Waals surface area contributed by atoms with Crippen molar-refractivity contribution in [1.29, 1.82) is 0 Å². The molecule has 0 aliphatic carbocycles. The van der Waals surface area contributed by atoms with Crippen LogP contribution in [0.25, 0.3) is 0 Å². The Labute approximate surface area is 123 Å². The smallest absolute Gasteiger partial charge is 0.252 e. The number of aromatic nitrogens is 1. The SMILES string of the molecule is COc1ccccc1CCNC(=O)c1ccc(=O)n(C)c1. The maximum Gasteiger partial charge on any atom is 0.252 e. The lowest BCUT2D eigenvalue weighted by Gasteiger charge is -2.09. The minimum absolute atomic E-state index is 0.138. The molecule has 0 fully saturated rings. The van der Waals surface area contributed by atoms with Crippen LogP contribution >= 0.6 is 0 Å². The molecule has 0 aliphatic rings. The molecule has 0 spiro atoms. The number of aryl methyl sites for hydroxylation is 1. The summed E-state index contributed by atoms with van der Waals surface area (Å²) in [7, 11) is 3.25. The van der Waals surface area contributed by atoms with Gasteiger partial charge in [-0.3, -0.25) is 9.59 Å². The van der Waals surface area contributed by atoms with Crippen LogP contribution in [0.2, 0.25) is 0 Å². The maximum absolute atomic E-state index is 12.0. The molecule has 1 heterocycles. The molecule has 0 saturated heterocycles. The van der Waals surface area contributed by atoms with E-state index in [1.165, 1.54) is 22.9 Å². The molecule has 0 saturated carbocycles. The largest absolute Gasteiger partial charge is 0.496 e. The molecule has 21 heavy (non-hydrogen) atoms. The zero-order valence-corrected chi connectivity index (χ0v) is 12.1. The lowest BCUT2D eigenvalue weighted by Crippen LogP contribution is -2.27. The summed E-state index contributed by atoms with van der Waals surface area (Å²) >= 11 is 0. The normalized spacial score (nSPS) is 10.2. The summed E-state index contributed by atoms with van der Waals surface area (Å²) in [5.74, 6) is 0.620. The van der Waals surface area contributed by atoms with E-state index >= 15 is 0 Å².